The molecule has 4 nitrogen and oxygen atoms in total. The van der Waals surface area contributed by atoms with Gasteiger partial charge in [0.2, 0.25) is 0 Å². The van der Waals surface area contributed by atoms with Crippen molar-refractivity contribution in [3.05, 3.63) is 23.5 Å². The van der Waals surface area contributed by atoms with Gasteiger partial charge in [0, 0.05) is 31.2 Å². The highest BCUT2D eigenvalue weighted by Gasteiger charge is 2.27. The fourth-order valence-corrected chi connectivity index (χ4v) is 3.58. The quantitative estimate of drug-likeness (QED) is 0.941. The van der Waals surface area contributed by atoms with E-state index in [9.17, 15) is 0 Å². The average Bonchev–Trinajstić information content (AvgIpc) is 2.70. The van der Waals surface area contributed by atoms with Gasteiger partial charge in [0.25, 0.3) is 0 Å². The molecule has 21 heavy (non-hydrogen) atoms. The van der Waals surface area contributed by atoms with Gasteiger partial charge in [-0.05, 0) is 43.2 Å². The van der Waals surface area contributed by atoms with Crippen LogP contribution in [0.4, 0.5) is 0 Å². The van der Waals surface area contributed by atoms with E-state index in [1.807, 2.05) is 24.9 Å². The van der Waals surface area contributed by atoms with E-state index in [-0.39, 0.29) is 0 Å². The summed E-state index contributed by atoms with van der Waals surface area (Å²) in [5.41, 5.74) is 3.76. The van der Waals surface area contributed by atoms with Gasteiger partial charge in [-0.2, -0.15) is 5.10 Å². The SMILES string of the molecule is Cc1nn(C)c2ncc(CNC3CCCC(C)(C)C3)cc12. The maximum Gasteiger partial charge on any atom is 0.157 e. The third-order valence-electron chi connectivity index (χ3n) is 4.72. The maximum atomic E-state index is 4.55. The molecule has 1 fully saturated rings. The van der Waals surface area contributed by atoms with Crippen molar-refractivity contribution >= 4 is 11.0 Å². The zero-order valence-corrected chi connectivity index (χ0v) is 13.6. The molecule has 2 aromatic rings. The van der Waals surface area contributed by atoms with Crippen molar-refractivity contribution in [3.63, 3.8) is 0 Å². The van der Waals surface area contributed by atoms with Gasteiger partial charge in [0.15, 0.2) is 5.65 Å². The van der Waals surface area contributed by atoms with Crippen LogP contribution in [-0.4, -0.2) is 20.8 Å². The summed E-state index contributed by atoms with van der Waals surface area (Å²) in [6.07, 6.45) is 7.24. The average molecular weight is 286 g/mol. The zero-order valence-electron chi connectivity index (χ0n) is 13.6. The van der Waals surface area contributed by atoms with Gasteiger partial charge in [-0.15, -0.1) is 0 Å². The Morgan fingerprint density at radius 2 is 2.24 bits per heavy atom. The highest BCUT2D eigenvalue weighted by atomic mass is 15.3. The molecule has 0 bridgehead atoms. The van der Waals surface area contributed by atoms with Gasteiger partial charge in [0.05, 0.1) is 5.69 Å². The molecule has 1 atom stereocenters. The number of pyridine rings is 1. The molecule has 1 aliphatic carbocycles. The van der Waals surface area contributed by atoms with E-state index in [1.54, 1.807) is 0 Å². The van der Waals surface area contributed by atoms with E-state index in [2.05, 4.69) is 35.3 Å². The highest BCUT2D eigenvalue weighted by molar-refractivity contribution is 5.78. The molecule has 0 aliphatic heterocycles. The van der Waals surface area contributed by atoms with Crippen molar-refractivity contribution in [1.29, 1.82) is 0 Å². The minimum atomic E-state index is 0.484. The van der Waals surface area contributed by atoms with Crippen LogP contribution in [0.1, 0.15) is 50.8 Å². The minimum absolute atomic E-state index is 0.484. The Labute approximate surface area is 126 Å². The minimum Gasteiger partial charge on any atom is -0.310 e. The van der Waals surface area contributed by atoms with Crippen LogP contribution in [0.25, 0.3) is 11.0 Å². The molecule has 4 heteroatoms. The van der Waals surface area contributed by atoms with Crippen molar-refractivity contribution in [1.82, 2.24) is 20.1 Å². The van der Waals surface area contributed by atoms with Gasteiger partial charge in [0.1, 0.15) is 0 Å². The van der Waals surface area contributed by atoms with E-state index in [0.717, 1.165) is 17.9 Å². The molecule has 2 heterocycles. The molecule has 1 aliphatic rings. The number of fused-ring (bicyclic) bond motifs is 1. The Morgan fingerprint density at radius 1 is 1.43 bits per heavy atom. The van der Waals surface area contributed by atoms with E-state index < -0.39 is 0 Å². The van der Waals surface area contributed by atoms with Crippen molar-refractivity contribution in [2.45, 2.75) is 59.0 Å². The van der Waals surface area contributed by atoms with Crippen LogP contribution in [0.2, 0.25) is 0 Å². The molecule has 0 spiro atoms. The molecule has 0 radical (unpaired) electrons. The van der Waals surface area contributed by atoms with E-state index in [0.29, 0.717) is 11.5 Å². The van der Waals surface area contributed by atoms with Crippen molar-refractivity contribution in [2.75, 3.05) is 0 Å². The summed E-state index contributed by atoms with van der Waals surface area (Å²) in [4.78, 5) is 4.55. The fourth-order valence-electron chi connectivity index (χ4n) is 3.58. The number of hydrogen-bond acceptors (Lipinski definition) is 3. The molecule has 114 valence electrons. The van der Waals surface area contributed by atoms with E-state index in [4.69, 9.17) is 0 Å². The number of aromatic nitrogens is 3. The second-order valence-electron chi connectivity index (χ2n) is 7.26. The Hall–Kier alpha value is -1.42. The molecule has 1 saturated carbocycles. The first kappa shape index (κ1) is 14.5. The fraction of sp³-hybridized carbons (Fsp3) is 0.647. The predicted octanol–water partition coefficient (Wildman–Crippen LogP) is 3.34. The van der Waals surface area contributed by atoms with E-state index >= 15 is 0 Å². The van der Waals surface area contributed by atoms with Gasteiger partial charge < -0.3 is 5.32 Å². The normalized spacial score (nSPS) is 21.8. The van der Waals surface area contributed by atoms with Crippen LogP contribution >= 0.6 is 0 Å². The number of rotatable bonds is 3. The lowest BCUT2D eigenvalue weighted by atomic mass is 9.75. The monoisotopic (exact) mass is 286 g/mol. The smallest absolute Gasteiger partial charge is 0.157 e. The number of nitrogens with one attached hydrogen (secondary N) is 1. The van der Waals surface area contributed by atoms with Crippen LogP contribution < -0.4 is 5.32 Å². The second kappa shape index (κ2) is 5.41. The molecule has 3 rings (SSSR count). The molecule has 1 N–H and O–H groups in total. The van der Waals surface area contributed by atoms with Crippen LogP contribution in [0.3, 0.4) is 0 Å². The Bertz CT molecular complexity index is 642. The van der Waals surface area contributed by atoms with Crippen LogP contribution in [0.15, 0.2) is 12.3 Å². The standard InChI is InChI=1S/C17H26N4/c1-12-15-8-13(11-19-16(15)21(4)20-12)10-18-14-6-5-7-17(2,3)9-14/h8,11,14,18H,5-7,9-10H2,1-4H3. The predicted molar refractivity (Wildman–Crippen MR) is 86.1 cm³/mol. The first-order chi connectivity index (χ1) is 9.94. The zero-order chi connectivity index (χ0) is 15.0. The summed E-state index contributed by atoms with van der Waals surface area (Å²) in [5.74, 6) is 0. The summed E-state index contributed by atoms with van der Waals surface area (Å²) in [6.45, 7) is 7.71. The van der Waals surface area contributed by atoms with Crippen LogP contribution in [-0.2, 0) is 13.6 Å². The lowest BCUT2D eigenvalue weighted by Gasteiger charge is -2.35. The Kier molecular flexibility index (Phi) is 3.74. The van der Waals surface area contributed by atoms with Crippen LogP contribution in [0, 0.1) is 12.3 Å². The molecule has 0 amide bonds. The summed E-state index contributed by atoms with van der Waals surface area (Å²) in [6, 6.07) is 2.87. The van der Waals surface area contributed by atoms with Crippen LogP contribution in [0.5, 0.6) is 0 Å². The van der Waals surface area contributed by atoms with E-state index in [1.165, 1.54) is 36.6 Å². The second-order valence-corrected chi connectivity index (χ2v) is 7.26. The Morgan fingerprint density at radius 3 is 3.00 bits per heavy atom. The van der Waals surface area contributed by atoms with Gasteiger partial charge >= 0.3 is 0 Å². The maximum absolute atomic E-state index is 4.55. The number of hydrogen-bond donors (Lipinski definition) is 1. The van der Waals surface area contributed by atoms with Crippen molar-refractivity contribution in [3.8, 4) is 0 Å². The summed E-state index contributed by atoms with van der Waals surface area (Å²) < 4.78 is 1.85. The molecule has 2 aromatic heterocycles. The third-order valence-corrected chi connectivity index (χ3v) is 4.72. The summed E-state index contributed by atoms with van der Waals surface area (Å²) >= 11 is 0. The molecular formula is C17H26N4. The molecule has 1 unspecified atom stereocenters. The van der Waals surface area contributed by atoms with Gasteiger partial charge in [-0.1, -0.05) is 20.3 Å². The molecule has 0 saturated heterocycles. The third kappa shape index (κ3) is 3.10. The van der Waals surface area contributed by atoms with Crippen molar-refractivity contribution < 1.29 is 0 Å². The Balaban J connectivity index is 1.69. The highest BCUT2D eigenvalue weighted by Crippen LogP contribution is 2.35. The van der Waals surface area contributed by atoms with Gasteiger partial charge in [-0.25, -0.2) is 4.98 Å². The lowest BCUT2D eigenvalue weighted by Crippen LogP contribution is -2.36. The van der Waals surface area contributed by atoms with Crippen molar-refractivity contribution in [2.24, 2.45) is 12.5 Å². The van der Waals surface area contributed by atoms with Gasteiger partial charge in [-0.3, -0.25) is 4.68 Å². The first-order valence-corrected chi connectivity index (χ1v) is 7.96. The summed E-state index contributed by atoms with van der Waals surface area (Å²) in [7, 11) is 1.95. The topological polar surface area (TPSA) is 42.7 Å². The first-order valence-electron chi connectivity index (χ1n) is 7.96. The largest absolute Gasteiger partial charge is 0.310 e. The number of nitrogens with zero attached hydrogens (tertiary/aromatic N) is 3. The summed E-state index contributed by atoms with van der Waals surface area (Å²) in [5, 5.41) is 9.32. The molecular weight excluding hydrogens is 260 g/mol. The number of aryl methyl sites for hydroxylation is 2. The molecule has 0 aromatic carbocycles. The lowest BCUT2D eigenvalue weighted by molar-refractivity contribution is 0.198.